The van der Waals surface area contributed by atoms with Gasteiger partial charge in [0.2, 0.25) is 0 Å². The number of H-pyrrole nitrogens is 1. The Morgan fingerprint density at radius 1 is 1.33 bits per heavy atom. The standard InChI is InChI=1S/C21H23N3O3/c1-14-11-22-23-20(14)15-5-4-10-24(12-15)13-16-8-9-19(27-16)17-6-2-3-7-18(17)21(25)26/h2-3,6-9,11,15H,4-5,10,12-13H2,1H3,(H,22,23)(H,25,26)/t15-/m0/s1. The number of nitrogens with zero attached hydrogens (tertiary/aromatic N) is 2. The highest BCUT2D eigenvalue weighted by Gasteiger charge is 2.24. The van der Waals surface area contributed by atoms with Gasteiger partial charge in [-0.2, -0.15) is 5.10 Å². The SMILES string of the molecule is Cc1cn[nH]c1[C@H]1CCCN(Cc2ccc(-c3ccccc3C(=O)O)o2)C1. The number of aromatic carboxylic acids is 1. The summed E-state index contributed by atoms with van der Waals surface area (Å²) in [5.74, 6) is 0.967. The Kier molecular flexibility index (Phi) is 4.81. The predicted octanol–water partition coefficient (Wildman–Crippen LogP) is 4.06. The third-order valence-electron chi connectivity index (χ3n) is 5.25. The second kappa shape index (κ2) is 7.40. The molecule has 1 fully saturated rings. The first-order valence-electron chi connectivity index (χ1n) is 9.25. The molecule has 6 heteroatoms. The molecule has 0 aliphatic carbocycles. The molecule has 27 heavy (non-hydrogen) atoms. The maximum Gasteiger partial charge on any atom is 0.336 e. The molecule has 0 bridgehead atoms. The largest absolute Gasteiger partial charge is 0.478 e. The Bertz CT molecular complexity index is 944. The highest BCUT2D eigenvalue weighted by molar-refractivity contribution is 5.95. The van der Waals surface area contributed by atoms with Gasteiger partial charge in [0.05, 0.1) is 18.3 Å². The Balaban J connectivity index is 1.48. The molecule has 2 N–H and O–H groups in total. The summed E-state index contributed by atoms with van der Waals surface area (Å²) in [4.78, 5) is 13.8. The number of hydrogen-bond acceptors (Lipinski definition) is 4. The van der Waals surface area contributed by atoms with Crippen LogP contribution in [0.25, 0.3) is 11.3 Å². The van der Waals surface area contributed by atoms with E-state index in [4.69, 9.17) is 4.42 Å². The number of carbonyl (C=O) groups is 1. The lowest BCUT2D eigenvalue weighted by atomic mass is 9.93. The Morgan fingerprint density at radius 2 is 2.19 bits per heavy atom. The van der Waals surface area contributed by atoms with E-state index in [1.807, 2.05) is 24.4 Å². The Hall–Kier alpha value is -2.86. The topological polar surface area (TPSA) is 82.4 Å². The van der Waals surface area contributed by atoms with Crippen LogP contribution in [0.4, 0.5) is 0 Å². The van der Waals surface area contributed by atoms with E-state index >= 15 is 0 Å². The molecule has 4 rings (SSSR count). The maximum absolute atomic E-state index is 11.4. The van der Waals surface area contributed by atoms with Crippen molar-refractivity contribution in [2.45, 2.75) is 32.2 Å². The van der Waals surface area contributed by atoms with E-state index in [2.05, 4.69) is 22.0 Å². The van der Waals surface area contributed by atoms with Crippen molar-refractivity contribution in [3.8, 4) is 11.3 Å². The highest BCUT2D eigenvalue weighted by Crippen LogP contribution is 2.30. The first-order chi connectivity index (χ1) is 13.1. The molecule has 6 nitrogen and oxygen atoms in total. The molecule has 1 aliphatic heterocycles. The molecule has 0 amide bonds. The van der Waals surface area contributed by atoms with E-state index in [0.717, 1.165) is 38.2 Å². The summed E-state index contributed by atoms with van der Waals surface area (Å²) in [6.45, 7) is 4.81. The van der Waals surface area contributed by atoms with Crippen LogP contribution in [0.5, 0.6) is 0 Å². The molecule has 3 heterocycles. The average Bonchev–Trinajstić information content (AvgIpc) is 3.31. The van der Waals surface area contributed by atoms with Crippen LogP contribution in [0.15, 0.2) is 47.0 Å². The fourth-order valence-corrected chi connectivity index (χ4v) is 3.92. The van der Waals surface area contributed by atoms with E-state index in [-0.39, 0.29) is 5.56 Å². The number of nitrogens with one attached hydrogen (secondary N) is 1. The van der Waals surface area contributed by atoms with Gasteiger partial charge < -0.3 is 9.52 Å². The van der Waals surface area contributed by atoms with Crippen molar-refractivity contribution in [2.24, 2.45) is 0 Å². The van der Waals surface area contributed by atoms with Gasteiger partial charge in [0.25, 0.3) is 0 Å². The minimum atomic E-state index is -0.947. The average molecular weight is 365 g/mol. The minimum absolute atomic E-state index is 0.256. The zero-order chi connectivity index (χ0) is 18.8. The fraction of sp³-hybridized carbons (Fsp3) is 0.333. The molecule has 0 radical (unpaired) electrons. The lowest BCUT2D eigenvalue weighted by molar-refractivity contribution is 0.0697. The summed E-state index contributed by atoms with van der Waals surface area (Å²) in [5.41, 5.74) is 3.31. The number of carboxylic acids is 1. The predicted molar refractivity (Wildman–Crippen MR) is 102 cm³/mol. The molecule has 1 saturated heterocycles. The molecule has 1 atom stereocenters. The van der Waals surface area contributed by atoms with Gasteiger partial charge in [-0.3, -0.25) is 10.00 Å². The van der Waals surface area contributed by atoms with Crippen molar-refractivity contribution in [2.75, 3.05) is 13.1 Å². The number of piperidine rings is 1. The van der Waals surface area contributed by atoms with Crippen LogP contribution in [-0.2, 0) is 6.54 Å². The lowest BCUT2D eigenvalue weighted by Gasteiger charge is -2.31. The minimum Gasteiger partial charge on any atom is -0.478 e. The molecule has 0 unspecified atom stereocenters. The fourth-order valence-electron chi connectivity index (χ4n) is 3.92. The normalized spacial score (nSPS) is 17.9. The maximum atomic E-state index is 11.4. The van der Waals surface area contributed by atoms with Crippen molar-refractivity contribution >= 4 is 5.97 Å². The van der Waals surface area contributed by atoms with E-state index in [0.29, 0.717) is 17.2 Å². The number of aromatic nitrogens is 2. The summed E-state index contributed by atoms with van der Waals surface area (Å²) in [6, 6.07) is 10.7. The molecule has 0 saturated carbocycles. The second-order valence-corrected chi connectivity index (χ2v) is 7.16. The number of rotatable bonds is 5. The molecule has 3 aromatic rings. The molecule has 2 aromatic heterocycles. The van der Waals surface area contributed by atoms with Gasteiger partial charge in [0.1, 0.15) is 11.5 Å². The monoisotopic (exact) mass is 365 g/mol. The number of aryl methyl sites for hydroxylation is 1. The second-order valence-electron chi connectivity index (χ2n) is 7.16. The summed E-state index contributed by atoms with van der Waals surface area (Å²) in [7, 11) is 0. The molecule has 1 aromatic carbocycles. The third kappa shape index (κ3) is 3.66. The smallest absolute Gasteiger partial charge is 0.336 e. The number of furan rings is 1. The van der Waals surface area contributed by atoms with Gasteiger partial charge >= 0.3 is 5.97 Å². The van der Waals surface area contributed by atoms with Crippen LogP contribution >= 0.6 is 0 Å². The summed E-state index contributed by atoms with van der Waals surface area (Å²) in [6.07, 6.45) is 4.18. The number of carboxylic acid groups (broad SMARTS) is 1. The van der Waals surface area contributed by atoms with Gasteiger partial charge in [0.15, 0.2) is 0 Å². The van der Waals surface area contributed by atoms with Crippen molar-refractivity contribution in [1.82, 2.24) is 15.1 Å². The van der Waals surface area contributed by atoms with Gasteiger partial charge in [0, 0.05) is 23.7 Å². The van der Waals surface area contributed by atoms with Crippen molar-refractivity contribution in [3.05, 3.63) is 65.2 Å². The summed E-state index contributed by atoms with van der Waals surface area (Å²) in [5, 5.41) is 16.7. The molecule has 140 valence electrons. The van der Waals surface area contributed by atoms with Crippen LogP contribution in [0.2, 0.25) is 0 Å². The van der Waals surface area contributed by atoms with Crippen LogP contribution in [-0.4, -0.2) is 39.3 Å². The summed E-state index contributed by atoms with van der Waals surface area (Å²) >= 11 is 0. The third-order valence-corrected chi connectivity index (χ3v) is 5.25. The number of aromatic amines is 1. The Morgan fingerprint density at radius 3 is 2.96 bits per heavy atom. The molecule has 0 spiro atoms. The van der Waals surface area contributed by atoms with Crippen molar-refractivity contribution < 1.29 is 14.3 Å². The Labute approximate surface area is 157 Å². The van der Waals surface area contributed by atoms with Gasteiger partial charge in [-0.05, 0) is 50.1 Å². The summed E-state index contributed by atoms with van der Waals surface area (Å²) < 4.78 is 5.99. The van der Waals surface area contributed by atoms with Crippen LogP contribution in [0.1, 0.15) is 46.1 Å². The zero-order valence-electron chi connectivity index (χ0n) is 15.3. The van der Waals surface area contributed by atoms with Crippen LogP contribution < -0.4 is 0 Å². The number of hydrogen-bond donors (Lipinski definition) is 2. The van der Waals surface area contributed by atoms with Crippen molar-refractivity contribution in [1.29, 1.82) is 0 Å². The quantitative estimate of drug-likeness (QED) is 0.713. The molecule has 1 aliphatic rings. The van der Waals surface area contributed by atoms with Crippen LogP contribution in [0.3, 0.4) is 0 Å². The highest BCUT2D eigenvalue weighted by atomic mass is 16.4. The lowest BCUT2D eigenvalue weighted by Crippen LogP contribution is -2.34. The van der Waals surface area contributed by atoms with Gasteiger partial charge in [-0.25, -0.2) is 4.79 Å². The molecular formula is C21H23N3O3. The number of likely N-dealkylation sites (tertiary alicyclic amines) is 1. The van der Waals surface area contributed by atoms with Crippen molar-refractivity contribution in [3.63, 3.8) is 0 Å². The van der Waals surface area contributed by atoms with Crippen LogP contribution in [0, 0.1) is 6.92 Å². The first kappa shape index (κ1) is 17.5. The molecular weight excluding hydrogens is 342 g/mol. The van der Waals surface area contributed by atoms with Gasteiger partial charge in [-0.15, -0.1) is 0 Å². The van der Waals surface area contributed by atoms with E-state index in [9.17, 15) is 9.90 Å². The van der Waals surface area contributed by atoms with E-state index in [1.165, 1.54) is 11.3 Å². The number of benzene rings is 1. The first-order valence-corrected chi connectivity index (χ1v) is 9.25. The van der Waals surface area contributed by atoms with E-state index < -0.39 is 5.97 Å². The van der Waals surface area contributed by atoms with Gasteiger partial charge in [-0.1, -0.05) is 18.2 Å². The zero-order valence-corrected chi connectivity index (χ0v) is 15.3. The van der Waals surface area contributed by atoms with E-state index in [1.54, 1.807) is 18.2 Å².